The van der Waals surface area contributed by atoms with Crippen molar-refractivity contribution in [2.45, 2.75) is 142 Å². The summed E-state index contributed by atoms with van der Waals surface area (Å²) in [6, 6.07) is 0. The van der Waals surface area contributed by atoms with Crippen LogP contribution >= 0.6 is 0 Å². The SMILES string of the molecule is COC1CCCCC1OC(C)=O.CO[C@@H](C)C(=O)O[C@@H](C)C(C)=O.C[C@@H]1OC(=O)[C@H](C)OC1=O.O=C1OC2CCCCC2O1. The third kappa shape index (κ3) is 14.0. The molecule has 14 heteroatoms. The van der Waals surface area contributed by atoms with Crippen LogP contribution in [-0.4, -0.2) is 98.9 Å². The largest absolute Gasteiger partial charge is 0.509 e. The number of ether oxygens (including phenoxy) is 8. The monoisotopic (exact) mass is 632 g/mol. The second-order valence-corrected chi connectivity index (χ2v) is 10.8. The van der Waals surface area contributed by atoms with Crippen molar-refractivity contribution in [1.29, 1.82) is 0 Å². The standard InChI is InChI=1S/C9H16O3.C8H14O4.C7H10O3.C6H8O4/c1-7(10)12-9-6-4-3-5-8(9)11-2;1-5(9)6(2)12-8(10)7(3)11-4;8-7-9-5-3-1-2-4-6(5)10-7;1-3-5(7)10-4(2)6(8)9-3/h8-9H,3-6H2,1-2H3;6-7H,1-4H3;5-6H,1-4H2;3-4H,1-2H3/t;6-,7-;;3-,4-/m.0.0/s1. The van der Waals surface area contributed by atoms with Crippen LogP contribution in [-0.2, 0) is 61.9 Å². The van der Waals surface area contributed by atoms with Gasteiger partial charge in [-0.05, 0) is 79.6 Å². The highest BCUT2D eigenvalue weighted by atomic mass is 16.8. The average Bonchev–Trinajstić information content (AvgIpc) is 3.36. The molecule has 0 N–H and O–H groups in total. The van der Waals surface area contributed by atoms with E-state index in [2.05, 4.69) is 9.47 Å². The van der Waals surface area contributed by atoms with E-state index in [9.17, 15) is 28.8 Å². The summed E-state index contributed by atoms with van der Waals surface area (Å²) in [5, 5.41) is 0. The van der Waals surface area contributed by atoms with Gasteiger partial charge in [0.05, 0.1) is 6.10 Å². The Morgan fingerprint density at radius 2 is 1.16 bits per heavy atom. The van der Waals surface area contributed by atoms with Crippen molar-refractivity contribution in [2.75, 3.05) is 14.2 Å². The summed E-state index contributed by atoms with van der Waals surface area (Å²) in [6.45, 7) is 8.87. The zero-order chi connectivity index (χ0) is 33.4. The van der Waals surface area contributed by atoms with Crippen molar-refractivity contribution in [3.63, 3.8) is 0 Å². The van der Waals surface area contributed by atoms with Crippen molar-refractivity contribution in [2.24, 2.45) is 0 Å². The molecule has 4 rings (SSSR count). The molecule has 252 valence electrons. The van der Waals surface area contributed by atoms with Crippen LogP contribution in [0.5, 0.6) is 0 Å². The van der Waals surface area contributed by atoms with Crippen LogP contribution in [0.25, 0.3) is 0 Å². The number of hydrogen-bond acceptors (Lipinski definition) is 14. The van der Waals surface area contributed by atoms with Gasteiger partial charge in [-0.3, -0.25) is 9.59 Å². The maximum Gasteiger partial charge on any atom is 0.509 e. The van der Waals surface area contributed by atoms with E-state index in [1.54, 1.807) is 14.0 Å². The van der Waals surface area contributed by atoms with E-state index in [0.29, 0.717) is 0 Å². The molecule has 0 radical (unpaired) electrons. The summed E-state index contributed by atoms with van der Waals surface area (Å²) in [6.07, 6.45) is 5.53. The molecule has 2 aliphatic carbocycles. The number of esters is 4. The van der Waals surface area contributed by atoms with Crippen molar-refractivity contribution < 1.29 is 66.7 Å². The molecule has 14 nitrogen and oxygen atoms in total. The van der Waals surface area contributed by atoms with E-state index < -0.39 is 48.5 Å². The first-order valence-corrected chi connectivity index (χ1v) is 14.9. The van der Waals surface area contributed by atoms with Crippen molar-refractivity contribution >= 4 is 35.8 Å². The third-order valence-electron chi connectivity index (χ3n) is 7.20. The second-order valence-electron chi connectivity index (χ2n) is 10.8. The van der Waals surface area contributed by atoms with Gasteiger partial charge in [-0.1, -0.05) is 6.42 Å². The molecule has 0 bridgehead atoms. The third-order valence-corrected chi connectivity index (χ3v) is 7.20. The number of carbonyl (C=O) groups excluding carboxylic acids is 6. The first-order valence-electron chi connectivity index (χ1n) is 14.9. The number of hydrogen-bond donors (Lipinski definition) is 0. The van der Waals surface area contributed by atoms with E-state index >= 15 is 0 Å². The molecule has 44 heavy (non-hydrogen) atoms. The number of ketones is 1. The normalized spacial score (nSPS) is 28.4. The van der Waals surface area contributed by atoms with Gasteiger partial charge in [0.15, 0.2) is 30.2 Å². The minimum absolute atomic E-state index is 0.0127. The Bertz CT molecular complexity index is 929. The maximum atomic E-state index is 11.0. The van der Waals surface area contributed by atoms with Crippen molar-refractivity contribution in [3.05, 3.63) is 0 Å². The number of fused-ring (bicyclic) bond motifs is 1. The highest BCUT2D eigenvalue weighted by Gasteiger charge is 2.38. The number of cyclic esters (lactones) is 2. The Labute approximate surface area is 258 Å². The van der Waals surface area contributed by atoms with Crippen LogP contribution in [0.1, 0.15) is 92.9 Å². The maximum absolute atomic E-state index is 11.0. The molecule has 0 amide bonds. The first-order chi connectivity index (χ1) is 20.7. The molecule has 0 aromatic carbocycles. The van der Waals surface area contributed by atoms with Crippen LogP contribution in [0.4, 0.5) is 4.79 Å². The Balaban J connectivity index is 0.000000294. The summed E-state index contributed by atoms with van der Waals surface area (Å²) in [7, 11) is 3.08. The van der Waals surface area contributed by atoms with Crippen LogP contribution < -0.4 is 0 Å². The highest BCUT2D eigenvalue weighted by molar-refractivity contribution is 5.86. The van der Waals surface area contributed by atoms with Gasteiger partial charge >= 0.3 is 30.0 Å². The average molecular weight is 633 g/mol. The van der Waals surface area contributed by atoms with Crippen LogP contribution in [0, 0.1) is 0 Å². The van der Waals surface area contributed by atoms with Crippen LogP contribution in [0.3, 0.4) is 0 Å². The lowest BCUT2D eigenvalue weighted by Crippen LogP contribution is -2.40. The van der Waals surface area contributed by atoms with E-state index in [0.717, 1.165) is 44.9 Å². The smallest absolute Gasteiger partial charge is 0.460 e. The van der Waals surface area contributed by atoms with Gasteiger partial charge in [0, 0.05) is 21.1 Å². The summed E-state index contributed by atoms with van der Waals surface area (Å²) >= 11 is 0. The van der Waals surface area contributed by atoms with Gasteiger partial charge < -0.3 is 37.9 Å². The molecule has 0 spiro atoms. The fraction of sp³-hybridized carbons (Fsp3) is 0.800. The lowest BCUT2D eigenvalue weighted by molar-refractivity contribution is -0.191. The van der Waals surface area contributed by atoms with Gasteiger partial charge in [-0.15, -0.1) is 0 Å². The van der Waals surface area contributed by atoms with Gasteiger partial charge in [0.1, 0.15) is 18.3 Å². The van der Waals surface area contributed by atoms with Gasteiger partial charge in [0.2, 0.25) is 0 Å². The van der Waals surface area contributed by atoms with Crippen molar-refractivity contribution in [3.8, 4) is 0 Å². The lowest BCUT2D eigenvalue weighted by Gasteiger charge is -2.29. The van der Waals surface area contributed by atoms with E-state index in [4.69, 9.17) is 28.4 Å². The molecular formula is C30H48O14. The van der Waals surface area contributed by atoms with Gasteiger partial charge in [-0.2, -0.15) is 0 Å². The Kier molecular flexibility index (Phi) is 17.5. The number of Topliss-reactive ketones (excluding diaryl/α,β-unsaturated/α-hetero) is 1. The first kappa shape index (κ1) is 38.8. The molecule has 0 aromatic rings. The predicted octanol–water partition coefficient (Wildman–Crippen LogP) is 3.38. The summed E-state index contributed by atoms with van der Waals surface area (Å²) in [4.78, 5) is 64.2. The zero-order valence-corrected chi connectivity index (χ0v) is 27.0. The van der Waals surface area contributed by atoms with E-state index in [1.165, 1.54) is 48.1 Å². The number of methoxy groups -OCH3 is 2. The molecular weight excluding hydrogens is 584 g/mol. The molecule has 2 saturated heterocycles. The quantitative estimate of drug-likeness (QED) is 0.307. The van der Waals surface area contributed by atoms with Crippen LogP contribution in [0.15, 0.2) is 0 Å². The minimum Gasteiger partial charge on any atom is -0.460 e. The fourth-order valence-corrected chi connectivity index (χ4v) is 4.37. The molecule has 2 saturated carbocycles. The lowest BCUT2D eigenvalue weighted by atomic mass is 9.94. The molecule has 4 aliphatic rings. The Morgan fingerprint density at radius 1 is 0.705 bits per heavy atom. The Morgan fingerprint density at radius 3 is 1.57 bits per heavy atom. The highest BCUT2D eigenvalue weighted by Crippen LogP contribution is 2.29. The topological polar surface area (TPSA) is 176 Å². The van der Waals surface area contributed by atoms with E-state index in [1.807, 2.05) is 0 Å². The number of rotatable bonds is 6. The molecule has 4 fully saturated rings. The molecule has 8 atom stereocenters. The Hall–Kier alpha value is -3.26. The van der Waals surface area contributed by atoms with Crippen LogP contribution in [0.2, 0.25) is 0 Å². The molecule has 4 unspecified atom stereocenters. The minimum atomic E-state index is -0.747. The molecule has 0 aromatic heterocycles. The van der Waals surface area contributed by atoms with Gasteiger partial charge in [0.25, 0.3) is 0 Å². The van der Waals surface area contributed by atoms with Crippen molar-refractivity contribution in [1.82, 2.24) is 0 Å². The van der Waals surface area contributed by atoms with Gasteiger partial charge in [-0.25, -0.2) is 19.2 Å². The molecule has 2 aliphatic heterocycles. The zero-order valence-electron chi connectivity index (χ0n) is 27.0. The fourth-order valence-electron chi connectivity index (χ4n) is 4.37. The van der Waals surface area contributed by atoms with E-state index in [-0.39, 0.29) is 36.2 Å². The summed E-state index contributed by atoms with van der Waals surface area (Å²) in [5.41, 5.74) is 0. The predicted molar refractivity (Wildman–Crippen MR) is 152 cm³/mol. The summed E-state index contributed by atoms with van der Waals surface area (Å²) < 4.78 is 38.8. The number of carbonyl (C=O) groups is 6. The molecule has 2 heterocycles. The summed E-state index contributed by atoms with van der Waals surface area (Å²) in [5.74, 6) is -1.85. The second kappa shape index (κ2) is 19.9.